The molecule has 0 bridgehead atoms. The third-order valence-electron chi connectivity index (χ3n) is 2.24. The zero-order valence-corrected chi connectivity index (χ0v) is 10.9. The highest BCUT2D eigenvalue weighted by Gasteiger charge is 2.26. The number of carbonyl (C=O) groups excluding carboxylic acids is 2. The molecule has 0 heterocycles. The Morgan fingerprint density at radius 1 is 1.33 bits per heavy atom. The molecule has 0 aliphatic rings. The van der Waals surface area contributed by atoms with Crippen molar-refractivity contribution in [2.24, 2.45) is 0 Å². The monoisotopic (exact) mass is 268 g/mol. The van der Waals surface area contributed by atoms with E-state index in [1.165, 1.54) is 14.0 Å². The first kappa shape index (κ1) is 14.3. The van der Waals surface area contributed by atoms with Gasteiger partial charge in [-0.15, -0.1) is 0 Å². The summed E-state index contributed by atoms with van der Waals surface area (Å²) in [6, 6.07) is 6.75. The van der Waals surface area contributed by atoms with E-state index in [1.807, 2.05) is 0 Å². The van der Waals surface area contributed by atoms with E-state index in [9.17, 15) is 9.59 Å². The number of halogens is 1. The highest BCUT2D eigenvalue weighted by atomic mass is 35.5. The fourth-order valence-corrected chi connectivity index (χ4v) is 1.65. The van der Waals surface area contributed by atoms with Crippen LogP contribution >= 0.6 is 11.6 Å². The van der Waals surface area contributed by atoms with Gasteiger partial charge in [-0.1, -0.05) is 36.4 Å². The molecule has 96 valence electrons. The Kier molecular flexibility index (Phi) is 4.92. The molecule has 1 atom stereocenters. The maximum Gasteiger partial charge on any atom is 0.337 e. The molecular formula is C13H13ClO4. The predicted molar refractivity (Wildman–Crippen MR) is 67.1 cm³/mol. The van der Waals surface area contributed by atoms with Crippen molar-refractivity contribution in [3.63, 3.8) is 0 Å². The molecule has 0 aromatic heterocycles. The minimum atomic E-state index is -0.941. The summed E-state index contributed by atoms with van der Waals surface area (Å²) in [6.07, 6.45) is -0.941. The van der Waals surface area contributed by atoms with E-state index in [1.54, 1.807) is 24.3 Å². The quantitative estimate of drug-likeness (QED) is 0.622. The normalized spacial score (nSPS) is 11.5. The Balaban J connectivity index is 3.14. The molecule has 0 radical (unpaired) electrons. The summed E-state index contributed by atoms with van der Waals surface area (Å²) in [4.78, 5) is 22.6. The lowest BCUT2D eigenvalue weighted by atomic mass is 10.0. The molecule has 1 rings (SSSR count). The van der Waals surface area contributed by atoms with Gasteiger partial charge in [-0.2, -0.15) is 0 Å². The average Bonchev–Trinajstić information content (AvgIpc) is 2.35. The lowest BCUT2D eigenvalue weighted by Gasteiger charge is -2.19. The minimum absolute atomic E-state index is 0.0146. The van der Waals surface area contributed by atoms with Crippen LogP contribution in [0.3, 0.4) is 0 Å². The minimum Gasteiger partial charge on any atom is -0.466 e. The number of methoxy groups -OCH3 is 1. The Labute approximate surface area is 110 Å². The van der Waals surface area contributed by atoms with Gasteiger partial charge in [0.05, 0.1) is 12.7 Å². The van der Waals surface area contributed by atoms with Crippen molar-refractivity contribution in [3.8, 4) is 0 Å². The molecule has 0 N–H and O–H groups in total. The maximum atomic E-state index is 11.5. The Morgan fingerprint density at radius 2 is 1.94 bits per heavy atom. The van der Waals surface area contributed by atoms with Crippen LogP contribution in [-0.2, 0) is 19.1 Å². The van der Waals surface area contributed by atoms with Crippen LogP contribution in [0.4, 0.5) is 0 Å². The Morgan fingerprint density at radius 3 is 2.44 bits per heavy atom. The predicted octanol–water partition coefficient (Wildman–Crippen LogP) is 2.67. The second-order valence-electron chi connectivity index (χ2n) is 3.53. The van der Waals surface area contributed by atoms with Crippen molar-refractivity contribution in [2.75, 3.05) is 7.11 Å². The van der Waals surface area contributed by atoms with Gasteiger partial charge in [0.1, 0.15) is 0 Å². The first-order valence-corrected chi connectivity index (χ1v) is 5.54. The van der Waals surface area contributed by atoms with Crippen LogP contribution in [0.25, 0.3) is 0 Å². The molecule has 0 saturated carbocycles. The molecule has 0 saturated heterocycles. The molecule has 0 aliphatic carbocycles. The summed E-state index contributed by atoms with van der Waals surface area (Å²) in [6.45, 7) is 4.83. The molecule has 1 aromatic rings. The molecule has 0 aliphatic heterocycles. The Hall–Kier alpha value is -1.81. The van der Waals surface area contributed by atoms with Gasteiger partial charge in [-0.05, 0) is 6.07 Å². The van der Waals surface area contributed by atoms with Gasteiger partial charge in [0, 0.05) is 17.5 Å². The Bertz CT molecular complexity index is 482. The van der Waals surface area contributed by atoms with E-state index < -0.39 is 18.0 Å². The molecule has 0 fully saturated rings. The van der Waals surface area contributed by atoms with Gasteiger partial charge < -0.3 is 9.47 Å². The lowest BCUT2D eigenvalue weighted by Crippen LogP contribution is -2.17. The van der Waals surface area contributed by atoms with Crippen molar-refractivity contribution in [3.05, 3.63) is 47.0 Å². The first-order chi connectivity index (χ1) is 8.47. The smallest absolute Gasteiger partial charge is 0.337 e. The number of benzene rings is 1. The molecular weight excluding hydrogens is 256 g/mol. The zero-order valence-electron chi connectivity index (χ0n) is 10.1. The van der Waals surface area contributed by atoms with Crippen molar-refractivity contribution in [1.29, 1.82) is 0 Å². The summed E-state index contributed by atoms with van der Waals surface area (Å²) >= 11 is 6.01. The zero-order chi connectivity index (χ0) is 13.7. The number of esters is 2. The second kappa shape index (κ2) is 6.21. The average molecular weight is 269 g/mol. The molecule has 5 heteroatoms. The van der Waals surface area contributed by atoms with E-state index in [4.69, 9.17) is 16.3 Å². The topological polar surface area (TPSA) is 52.6 Å². The summed E-state index contributed by atoms with van der Waals surface area (Å²) in [7, 11) is 1.23. The highest BCUT2D eigenvalue weighted by molar-refractivity contribution is 6.31. The van der Waals surface area contributed by atoms with Crippen LogP contribution in [0.5, 0.6) is 0 Å². The molecule has 1 aromatic carbocycles. The van der Waals surface area contributed by atoms with Crippen LogP contribution < -0.4 is 0 Å². The largest absolute Gasteiger partial charge is 0.466 e. The van der Waals surface area contributed by atoms with Crippen molar-refractivity contribution >= 4 is 23.5 Å². The number of carbonyl (C=O) groups is 2. The van der Waals surface area contributed by atoms with E-state index in [0.717, 1.165) is 0 Å². The summed E-state index contributed by atoms with van der Waals surface area (Å²) in [5.74, 6) is -1.19. The SMILES string of the molecule is C=C(C(=O)OC)C(OC(C)=O)c1ccccc1Cl. The fourth-order valence-electron chi connectivity index (χ4n) is 1.41. The second-order valence-corrected chi connectivity index (χ2v) is 3.94. The van der Waals surface area contributed by atoms with E-state index in [0.29, 0.717) is 10.6 Å². The molecule has 0 spiro atoms. The number of ether oxygens (including phenoxy) is 2. The lowest BCUT2D eigenvalue weighted by molar-refractivity contribution is -0.147. The maximum absolute atomic E-state index is 11.5. The van der Waals surface area contributed by atoms with Crippen molar-refractivity contribution in [2.45, 2.75) is 13.0 Å². The van der Waals surface area contributed by atoms with Crippen molar-refractivity contribution in [1.82, 2.24) is 0 Å². The van der Waals surface area contributed by atoms with Crippen molar-refractivity contribution < 1.29 is 19.1 Å². The third kappa shape index (κ3) is 3.34. The standard InChI is InChI=1S/C13H13ClO4/c1-8(13(16)17-3)12(18-9(2)15)10-6-4-5-7-11(10)14/h4-7,12H,1H2,2-3H3. The van der Waals surface area contributed by atoms with Gasteiger partial charge in [-0.3, -0.25) is 4.79 Å². The number of hydrogen-bond donors (Lipinski definition) is 0. The van der Waals surface area contributed by atoms with Crippen LogP contribution in [0, 0.1) is 0 Å². The third-order valence-corrected chi connectivity index (χ3v) is 2.58. The van der Waals surface area contributed by atoms with Gasteiger partial charge >= 0.3 is 11.9 Å². The van der Waals surface area contributed by atoms with Crippen LogP contribution in [0.2, 0.25) is 5.02 Å². The summed E-state index contributed by atoms with van der Waals surface area (Å²) in [5.41, 5.74) is 0.505. The van der Waals surface area contributed by atoms with Crippen LogP contribution in [-0.4, -0.2) is 19.0 Å². The number of rotatable bonds is 4. The van der Waals surface area contributed by atoms with Gasteiger partial charge in [-0.25, -0.2) is 4.79 Å². The van der Waals surface area contributed by atoms with Gasteiger partial charge in [0.2, 0.25) is 0 Å². The number of hydrogen-bond acceptors (Lipinski definition) is 4. The summed E-state index contributed by atoms with van der Waals surface area (Å²) < 4.78 is 9.64. The van der Waals surface area contributed by atoms with E-state index in [2.05, 4.69) is 11.3 Å². The molecule has 1 unspecified atom stereocenters. The van der Waals surface area contributed by atoms with Gasteiger partial charge in [0.25, 0.3) is 0 Å². The first-order valence-electron chi connectivity index (χ1n) is 5.16. The van der Waals surface area contributed by atoms with E-state index >= 15 is 0 Å². The van der Waals surface area contributed by atoms with Crippen LogP contribution in [0.15, 0.2) is 36.4 Å². The highest BCUT2D eigenvalue weighted by Crippen LogP contribution is 2.31. The summed E-state index contributed by atoms with van der Waals surface area (Å²) in [5, 5.41) is 0.383. The molecule has 0 amide bonds. The molecule has 4 nitrogen and oxygen atoms in total. The fraction of sp³-hybridized carbons (Fsp3) is 0.231. The molecule has 18 heavy (non-hydrogen) atoms. The van der Waals surface area contributed by atoms with Gasteiger partial charge in [0.15, 0.2) is 6.10 Å². The van der Waals surface area contributed by atoms with Crippen LogP contribution in [0.1, 0.15) is 18.6 Å². The van der Waals surface area contributed by atoms with E-state index in [-0.39, 0.29) is 5.57 Å².